The molecule has 2 aromatic rings. The van der Waals surface area contributed by atoms with Crippen LogP contribution in [-0.2, 0) is 11.8 Å². The Labute approximate surface area is 173 Å². The molecule has 1 aromatic heterocycles. The van der Waals surface area contributed by atoms with E-state index in [1.54, 1.807) is 0 Å². The van der Waals surface area contributed by atoms with Crippen LogP contribution in [0.1, 0.15) is 45.6 Å². The number of aromatic nitrogens is 1. The Kier molecular flexibility index (Phi) is 5.43. The first-order valence-electron chi connectivity index (χ1n) is 10.8. The van der Waals surface area contributed by atoms with Gasteiger partial charge in [0.1, 0.15) is 5.60 Å². The van der Waals surface area contributed by atoms with Crippen LogP contribution in [0.15, 0.2) is 36.5 Å². The van der Waals surface area contributed by atoms with E-state index in [9.17, 15) is 4.79 Å². The lowest BCUT2D eigenvalue weighted by Crippen LogP contribution is -2.48. The highest BCUT2D eigenvalue weighted by Crippen LogP contribution is 2.31. The van der Waals surface area contributed by atoms with E-state index in [1.165, 1.54) is 22.0 Å². The number of benzene rings is 1. The van der Waals surface area contributed by atoms with Gasteiger partial charge in [0.25, 0.3) is 0 Å². The zero-order chi connectivity index (χ0) is 20.6. The van der Waals surface area contributed by atoms with E-state index in [-0.39, 0.29) is 6.09 Å². The number of hydrogen-bond donors (Lipinski definition) is 0. The molecule has 2 aliphatic rings. The second kappa shape index (κ2) is 7.86. The van der Waals surface area contributed by atoms with Crippen molar-refractivity contribution >= 4 is 22.6 Å². The molecule has 1 amide bonds. The Hall–Kier alpha value is -2.27. The number of ether oxygens (including phenoxy) is 1. The van der Waals surface area contributed by atoms with Gasteiger partial charge in [-0.3, -0.25) is 4.90 Å². The van der Waals surface area contributed by atoms with E-state index < -0.39 is 5.60 Å². The third-order valence-electron chi connectivity index (χ3n) is 6.12. The quantitative estimate of drug-likeness (QED) is 0.742. The minimum absolute atomic E-state index is 0.173. The fourth-order valence-corrected chi connectivity index (χ4v) is 4.60. The third-order valence-corrected chi connectivity index (χ3v) is 6.12. The van der Waals surface area contributed by atoms with Crippen LogP contribution in [-0.4, -0.2) is 58.3 Å². The summed E-state index contributed by atoms with van der Waals surface area (Å²) < 4.78 is 7.75. The largest absolute Gasteiger partial charge is 0.444 e. The number of rotatable bonds is 2. The summed E-state index contributed by atoms with van der Waals surface area (Å²) >= 11 is 0. The van der Waals surface area contributed by atoms with E-state index in [0.717, 1.165) is 45.4 Å². The predicted octanol–water partition coefficient (Wildman–Crippen LogP) is 4.67. The van der Waals surface area contributed by atoms with Crippen LogP contribution in [0.4, 0.5) is 4.79 Å². The molecule has 2 aliphatic heterocycles. The molecule has 1 saturated heterocycles. The molecule has 0 bridgehead atoms. The summed E-state index contributed by atoms with van der Waals surface area (Å²) in [6.45, 7) is 9.43. The van der Waals surface area contributed by atoms with Crippen molar-refractivity contribution in [2.45, 2.75) is 51.7 Å². The molecule has 0 saturated carbocycles. The van der Waals surface area contributed by atoms with Crippen LogP contribution in [0.5, 0.6) is 0 Å². The number of para-hydroxylation sites is 1. The molecule has 5 nitrogen and oxygen atoms in total. The van der Waals surface area contributed by atoms with Gasteiger partial charge in [0.2, 0.25) is 0 Å². The van der Waals surface area contributed by atoms with Gasteiger partial charge in [-0.15, -0.1) is 0 Å². The lowest BCUT2D eigenvalue weighted by atomic mass is 9.96. The van der Waals surface area contributed by atoms with Gasteiger partial charge in [-0.1, -0.05) is 24.3 Å². The Morgan fingerprint density at radius 3 is 2.48 bits per heavy atom. The molecule has 0 atom stereocenters. The lowest BCUT2D eigenvalue weighted by molar-refractivity contribution is 0.0149. The average Bonchev–Trinajstić information content (AvgIpc) is 3.04. The first-order valence-corrected chi connectivity index (χ1v) is 10.8. The first-order chi connectivity index (χ1) is 13.8. The molecule has 0 radical (unpaired) electrons. The summed E-state index contributed by atoms with van der Waals surface area (Å²) in [4.78, 5) is 16.7. The van der Waals surface area contributed by atoms with E-state index in [1.807, 2.05) is 25.7 Å². The molecule has 1 fully saturated rings. The van der Waals surface area contributed by atoms with Gasteiger partial charge in [-0.2, -0.15) is 0 Å². The van der Waals surface area contributed by atoms with Gasteiger partial charge < -0.3 is 14.2 Å². The Bertz CT molecular complexity index is 914. The van der Waals surface area contributed by atoms with E-state index in [4.69, 9.17) is 4.74 Å². The number of nitrogens with zero attached hydrogens (tertiary/aromatic N) is 3. The smallest absolute Gasteiger partial charge is 0.410 e. The number of amides is 1. The SMILES string of the molecule is Cn1cc(C2=CCN(C3CCN(C(=O)OC(C)(C)C)CC3)CC2)c2ccccc21. The van der Waals surface area contributed by atoms with Gasteiger partial charge in [0.05, 0.1) is 0 Å². The molecule has 5 heteroatoms. The number of fused-ring (bicyclic) bond motifs is 1. The van der Waals surface area contributed by atoms with Gasteiger partial charge in [0.15, 0.2) is 0 Å². The molecule has 0 unspecified atom stereocenters. The topological polar surface area (TPSA) is 37.7 Å². The van der Waals surface area contributed by atoms with Crippen molar-refractivity contribution in [1.29, 1.82) is 0 Å². The van der Waals surface area contributed by atoms with Crippen LogP contribution < -0.4 is 0 Å². The Balaban J connectivity index is 1.36. The zero-order valence-electron chi connectivity index (χ0n) is 18.1. The third kappa shape index (κ3) is 4.35. The second-order valence-electron chi connectivity index (χ2n) is 9.34. The highest BCUT2D eigenvalue weighted by Gasteiger charge is 2.30. The maximum atomic E-state index is 12.3. The number of carbonyl (C=O) groups is 1. The van der Waals surface area contributed by atoms with E-state index in [0.29, 0.717) is 6.04 Å². The van der Waals surface area contributed by atoms with Gasteiger partial charge in [-0.25, -0.2) is 4.79 Å². The summed E-state index contributed by atoms with van der Waals surface area (Å²) in [5, 5.41) is 1.35. The van der Waals surface area contributed by atoms with Crippen molar-refractivity contribution in [2.75, 3.05) is 26.2 Å². The molecule has 0 N–H and O–H groups in total. The van der Waals surface area contributed by atoms with Crippen LogP contribution in [0.3, 0.4) is 0 Å². The maximum Gasteiger partial charge on any atom is 0.410 e. The van der Waals surface area contributed by atoms with Crippen molar-refractivity contribution in [3.63, 3.8) is 0 Å². The number of piperidine rings is 1. The number of likely N-dealkylation sites (tertiary alicyclic amines) is 1. The summed E-state index contributed by atoms with van der Waals surface area (Å²) in [6.07, 6.45) is 7.64. The van der Waals surface area contributed by atoms with Crippen LogP contribution in [0.2, 0.25) is 0 Å². The predicted molar refractivity (Wildman–Crippen MR) is 118 cm³/mol. The highest BCUT2D eigenvalue weighted by atomic mass is 16.6. The molecule has 3 heterocycles. The van der Waals surface area contributed by atoms with Crippen molar-refractivity contribution in [3.05, 3.63) is 42.1 Å². The van der Waals surface area contributed by atoms with Crippen molar-refractivity contribution in [3.8, 4) is 0 Å². The maximum absolute atomic E-state index is 12.3. The van der Waals surface area contributed by atoms with Crippen molar-refractivity contribution < 1.29 is 9.53 Å². The van der Waals surface area contributed by atoms with Crippen LogP contribution in [0, 0.1) is 0 Å². The monoisotopic (exact) mass is 395 g/mol. The summed E-state index contributed by atoms with van der Waals surface area (Å²) in [7, 11) is 2.12. The van der Waals surface area contributed by atoms with E-state index >= 15 is 0 Å². The van der Waals surface area contributed by atoms with Gasteiger partial charge >= 0.3 is 6.09 Å². The first kappa shape index (κ1) is 20.0. The molecule has 4 rings (SSSR count). The molecule has 29 heavy (non-hydrogen) atoms. The van der Waals surface area contributed by atoms with Crippen LogP contribution in [0.25, 0.3) is 16.5 Å². The fraction of sp³-hybridized carbons (Fsp3) is 0.542. The van der Waals surface area contributed by atoms with Crippen molar-refractivity contribution in [2.24, 2.45) is 7.05 Å². The summed E-state index contributed by atoms with van der Waals surface area (Å²) in [6, 6.07) is 9.20. The molecular formula is C24H33N3O2. The molecule has 1 aromatic carbocycles. The lowest BCUT2D eigenvalue weighted by Gasteiger charge is -2.40. The highest BCUT2D eigenvalue weighted by molar-refractivity contribution is 5.93. The van der Waals surface area contributed by atoms with Gasteiger partial charge in [-0.05, 0) is 51.7 Å². The normalized spacial score (nSPS) is 19.4. The van der Waals surface area contributed by atoms with Gasteiger partial charge in [0, 0.05) is 61.9 Å². The minimum atomic E-state index is -0.427. The zero-order valence-corrected chi connectivity index (χ0v) is 18.1. The summed E-state index contributed by atoms with van der Waals surface area (Å²) in [5.74, 6) is 0. The van der Waals surface area contributed by atoms with Crippen molar-refractivity contribution in [1.82, 2.24) is 14.4 Å². The average molecular weight is 396 g/mol. The molecule has 0 aliphatic carbocycles. The minimum Gasteiger partial charge on any atom is -0.444 e. The fourth-order valence-electron chi connectivity index (χ4n) is 4.60. The molecular weight excluding hydrogens is 362 g/mol. The molecule has 156 valence electrons. The van der Waals surface area contributed by atoms with E-state index in [2.05, 4.69) is 53.1 Å². The summed E-state index contributed by atoms with van der Waals surface area (Å²) in [5.41, 5.74) is 3.70. The van der Waals surface area contributed by atoms with Crippen LogP contribution >= 0.6 is 0 Å². The Morgan fingerprint density at radius 1 is 1.10 bits per heavy atom. The molecule has 0 spiro atoms. The number of hydrogen-bond acceptors (Lipinski definition) is 3. The number of aryl methyl sites for hydroxylation is 1. The Morgan fingerprint density at radius 2 is 1.83 bits per heavy atom. The second-order valence-corrected chi connectivity index (χ2v) is 9.34. The standard InChI is InChI=1S/C24H33N3O2/c1-24(2,3)29-23(28)27-15-11-19(12-16-27)26-13-9-18(10-14-26)21-17-25(4)22-8-6-5-7-20(21)22/h5-9,17,19H,10-16H2,1-4H3. The number of carbonyl (C=O) groups excluding carboxylic acids is 1.